The van der Waals surface area contributed by atoms with Crippen molar-refractivity contribution in [2.45, 2.75) is 58.9 Å². The van der Waals surface area contributed by atoms with E-state index in [1.165, 1.54) is 37.7 Å². The van der Waals surface area contributed by atoms with Crippen molar-refractivity contribution in [1.82, 2.24) is 0 Å². The Morgan fingerprint density at radius 1 is 1.17 bits per heavy atom. The van der Waals surface area contributed by atoms with Crippen LogP contribution in [-0.2, 0) is 0 Å². The molecule has 0 aliphatic heterocycles. The minimum Gasteiger partial charge on any atom is -0.381 e. The van der Waals surface area contributed by atoms with Gasteiger partial charge in [-0.1, -0.05) is 39.2 Å². The average Bonchev–Trinajstić information content (AvgIpc) is 2.42. The second-order valence-corrected chi connectivity index (χ2v) is 4.64. The normalized spacial score (nSPS) is 15.2. The molecule has 1 saturated carbocycles. The molecule has 0 spiro atoms. The van der Waals surface area contributed by atoms with Gasteiger partial charge in [-0.3, -0.25) is 0 Å². The second-order valence-electron chi connectivity index (χ2n) is 4.64. The Balaban J connectivity index is 0.000000771. The lowest BCUT2D eigenvalue weighted by Crippen LogP contribution is -2.22. The number of rotatable bonds is 2. The molecule has 0 heterocycles. The number of anilines is 1. The van der Waals surface area contributed by atoms with Gasteiger partial charge in [-0.15, -0.1) is 0 Å². The molecule has 0 bridgehead atoms. The van der Waals surface area contributed by atoms with Crippen LogP contribution in [0, 0.1) is 18.3 Å². The molecule has 0 aromatic heterocycles. The van der Waals surface area contributed by atoms with E-state index in [1.807, 2.05) is 26.0 Å². The molecule has 0 atom stereocenters. The van der Waals surface area contributed by atoms with Crippen molar-refractivity contribution in [2.24, 2.45) is 0 Å². The second kappa shape index (κ2) is 7.76. The fourth-order valence-electron chi connectivity index (χ4n) is 2.34. The van der Waals surface area contributed by atoms with Crippen LogP contribution in [0.25, 0.3) is 0 Å². The van der Waals surface area contributed by atoms with Gasteiger partial charge in [0.2, 0.25) is 0 Å². The molecule has 1 fully saturated rings. The SMILES string of the molecule is CC.Cc1ccc(C#N)c(NC2CCCCC2)c1. The van der Waals surface area contributed by atoms with E-state index in [9.17, 15) is 0 Å². The zero-order valence-electron chi connectivity index (χ0n) is 11.8. The summed E-state index contributed by atoms with van der Waals surface area (Å²) in [6.07, 6.45) is 6.45. The largest absolute Gasteiger partial charge is 0.381 e. The predicted octanol–water partition coefficient (Wildman–Crippen LogP) is 4.64. The lowest BCUT2D eigenvalue weighted by atomic mass is 9.95. The summed E-state index contributed by atoms with van der Waals surface area (Å²) in [7, 11) is 0. The average molecular weight is 244 g/mol. The molecule has 0 unspecified atom stereocenters. The van der Waals surface area contributed by atoms with Gasteiger partial charge in [0.1, 0.15) is 6.07 Å². The van der Waals surface area contributed by atoms with E-state index in [0.29, 0.717) is 6.04 Å². The maximum absolute atomic E-state index is 9.05. The number of nitrogens with zero attached hydrogens (tertiary/aromatic N) is 1. The molecule has 1 aliphatic rings. The van der Waals surface area contributed by atoms with Crippen LogP contribution >= 0.6 is 0 Å². The summed E-state index contributed by atoms with van der Waals surface area (Å²) in [5.41, 5.74) is 2.97. The number of benzene rings is 1. The van der Waals surface area contributed by atoms with E-state index in [0.717, 1.165) is 11.3 Å². The first-order chi connectivity index (χ1) is 8.79. The lowest BCUT2D eigenvalue weighted by molar-refractivity contribution is 0.462. The Labute approximate surface area is 111 Å². The Morgan fingerprint density at radius 3 is 2.44 bits per heavy atom. The third-order valence-corrected chi connectivity index (χ3v) is 3.26. The highest BCUT2D eigenvalue weighted by Crippen LogP contribution is 2.24. The Hall–Kier alpha value is -1.49. The van der Waals surface area contributed by atoms with Crippen molar-refractivity contribution in [2.75, 3.05) is 5.32 Å². The van der Waals surface area contributed by atoms with Crippen LogP contribution in [0.5, 0.6) is 0 Å². The van der Waals surface area contributed by atoms with E-state index in [4.69, 9.17) is 5.26 Å². The fraction of sp³-hybridized carbons (Fsp3) is 0.562. The monoisotopic (exact) mass is 244 g/mol. The molecular weight excluding hydrogens is 220 g/mol. The number of nitrogens with one attached hydrogen (secondary N) is 1. The summed E-state index contributed by atoms with van der Waals surface area (Å²) in [4.78, 5) is 0. The first-order valence-electron chi connectivity index (χ1n) is 7.07. The standard InChI is InChI=1S/C14H18N2.C2H6/c1-11-7-8-12(10-15)14(9-11)16-13-5-3-2-4-6-13;1-2/h7-9,13,16H,2-6H2,1H3;1-2H3. The first-order valence-corrected chi connectivity index (χ1v) is 7.07. The van der Waals surface area contributed by atoms with E-state index < -0.39 is 0 Å². The highest BCUT2D eigenvalue weighted by molar-refractivity contribution is 5.59. The molecule has 0 radical (unpaired) electrons. The fourth-order valence-corrected chi connectivity index (χ4v) is 2.34. The van der Waals surface area contributed by atoms with Crippen LogP contribution in [0.3, 0.4) is 0 Å². The third-order valence-electron chi connectivity index (χ3n) is 3.26. The molecule has 2 nitrogen and oxygen atoms in total. The van der Waals surface area contributed by atoms with Crippen LogP contribution in [0.1, 0.15) is 57.1 Å². The Bertz CT molecular complexity index is 398. The molecule has 1 aromatic carbocycles. The van der Waals surface area contributed by atoms with E-state index in [1.54, 1.807) is 0 Å². The molecule has 0 saturated heterocycles. The summed E-state index contributed by atoms with van der Waals surface area (Å²) in [6.45, 7) is 6.06. The summed E-state index contributed by atoms with van der Waals surface area (Å²) >= 11 is 0. The number of aryl methyl sites for hydroxylation is 1. The molecule has 1 aliphatic carbocycles. The van der Waals surface area contributed by atoms with Gasteiger partial charge in [-0.25, -0.2) is 0 Å². The molecule has 18 heavy (non-hydrogen) atoms. The van der Waals surface area contributed by atoms with Gasteiger partial charge in [0.05, 0.1) is 11.3 Å². The highest BCUT2D eigenvalue weighted by atomic mass is 14.9. The van der Waals surface area contributed by atoms with E-state index in [-0.39, 0.29) is 0 Å². The van der Waals surface area contributed by atoms with Crippen molar-refractivity contribution in [3.05, 3.63) is 29.3 Å². The topological polar surface area (TPSA) is 35.8 Å². The van der Waals surface area contributed by atoms with E-state index >= 15 is 0 Å². The summed E-state index contributed by atoms with van der Waals surface area (Å²) < 4.78 is 0. The number of hydrogen-bond donors (Lipinski definition) is 1. The van der Waals surface area contributed by atoms with Gasteiger partial charge < -0.3 is 5.32 Å². The first kappa shape index (κ1) is 14.6. The quantitative estimate of drug-likeness (QED) is 0.822. The van der Waals surface area contributed by atoms with Crippen molar-refractivity contribution >= 4 is 5.69 Å². The molecule has 2 rings (SSSR count). The molecule has 0 amide bonds. The third kappa shape index (κ3) is 4.07. The predicted molar refractivity (Wildman–Crippen MR) is 77.7 cm³/mol. The van der Waals surface area contributed by atoms with Crippen molar-refractivity contribution in [3.8, 4) is 6.07 Å². The van der Waals surface area contributed by atoms with Crippen molar-refractivity contribution < 1.29 is 0 Å². The summed E-state index contributed by atoms with van der Waals surface area (Å²) in [5.74, 6) is 0. The zero-order valence-corrected chi connectivity index (χ0v) is 11.8. The van der Waals surface area contributed by atoms with Gasteiger partial charge >= 0.3 is 0 Å². The summed E-state index contributed by atoms with van der Waals surface area (Å²) in [6, 6.07) is 8.78. The van der Waals surface area contributed by atoms with Crippen molar-refractivity contribution in [1.29, 1.82) is 5.26 Å². The van der Waals surface area contributed by atoms with Crippen LogP contribution in [0.15, 0.2) is 18.2 Å². The summed E-state index contributed by atoms with van der Waals surface area (Å²) in [5, 5.41) is 12.6. The van der Waals surface area contributed by atoms with Gasteiger partial charge in [0.25, 0.3) is 0 Å². The minimum atomic E-state index is 0.558. The smallest absolute Gasteiger partial charge is 0.101 e. The van der Waals surface area contributed by atoms with Gasteiger partial charge in [0, 0.05) is 6.04 Å². The van der Waals surface area contributed by atoms with E-state index in [2.05, 4.69) is 24.4 Å². The molecule has 2 heteroatoms. The lowest BCUT2D eigenvalue weighted by Gasteiger charge is -2.24. The number of nitriles is 1. The zero-order chi connectivity index (χ0) is 13.4. The minimum absolute atomic E-state index is 0.558. The number of hydrogen-bond acceptors (Lipinski definition) is 2. The maximum atomic E-state index is 9.05. The van der Waals surface area contributed by atoms with Crippen LogP contribution < -0.4 is 5.32 Å². The molecule has 1 aromatic rings. The van der Waals surface area contributed by atoms with Crippen LogP contribution in [0.4, 0.5) is 5.69 Å². The molecule has 1 N–H and O–H groups in total. The molecular formula is C16H24N2. The van der Waals surface area contributed by atoms with Gasteiger partial charge in [-0.05, 0) is 37.5 Å². The van der Waals surface area contributed by atoms with Gasteiger partial charge in [-0.2, -0.15) is 5.26 Å². The Kier molecular flexibility index (Phi) is 6.28. The van der Waals surface area contributed by atoms with Crippen molar-refractivity contribution in [3.63, 3.8) is 0 Å². The van der Waals surface area contributed by atoms with Crippen LogP contribution in [-0.4, -0.2) is 6.04 Å². The van der Waals surface area contributed by atoms with Gasteiger partial charge in [0.15, 0.2) is 0 Å². The molecule has 98 valence electrons. The maximum Gasteiger partial charge on any atom is 0.101 e. The highest BCUT2D eigenvalue weighted by Gasteiger charge is 2.14. The Morgan fingerprint density at radius 2 is 1.83 bits per heavy atom. The van der Waals surface area contributed by atoms with Crippen LogP contribution in [0.2, 0.25) is 0 Å².